The Morgan fingerprint density at radius 3 is 1.21 bits per heavy atom. The van der Waals surface area contributed by atoms with Crippen molar-refractivity contribution in [3.05, 3.63) is 248 Å². The molecule has 2 aliphatic rings. The Labute approximate surface area is 388 Å². The summed E-state index contributed by atoms with van der Waals surface area (Å²) in [5.74, 6) is 0. The van der Waals surface area contributed by atoms with Gasteiger partial charge in [-0.3, -0.25) is 0 Å². The molecule has 0 N–H and O–H groups in total. The first-order valence-electron chi connectivity index (χ1n) is 23.1. The molecule has 0 bridgehead atoms. The summed E-state index contributed by atoms with van der Waals surface area (Å²) in [5.41, 5.74) is 20.7. The fourth-order valence-electron chi connectivity index (χ4n) is 11.3. The fourth-order valence-corrected chi connectivity index (χ4v) is 13.6. The molecule has 0 aliphatic heterocycles. The van der Waals surface area contributed by atoms with E-state index >= 15 is 0 Å². The molecule has 66 heavy (non-hydrogen) atoms. The van der Waals surface area contributed by atoms with E-state index in [-0.39, 0.29) is 5.41 Å². The molecule has 0 atom stereocenters. The summed E-state index contributed by atoms with van der Waals surface area (Å²) in [5, 5.41) is 9.36. The van der Waals surface area contributed by atoms with Crippen LogP contribution in [0.1, 0.15) is 25.0 Å². The monoisotopic (exact) mass is 856 g/mol. The molecule has 13 rings (SSSR count). The van der Waals surface area contributed by atoms with Crippen molar-refractivity contribution in [2.24, 2.45) is 0 Å². The van der Waals surface area contributed by atoms with Gasteiger partial charge >= 0.3 is 0 Å². The van der Waals surface area contributed by atoms with Gasteiger partial charge in [-0.1, -0.05) is 238 Å². The molecule has 0 radical (unpaired) electrons. The zero-order chi connectivity index (χ0) is 43.9. The molecule has 11 aromatic carbocycles. The lowest BCUT2D eigenvalue weighted by Gasteiger charge is -2.25. The second-order valence-electron chi connectivity index (χ2n) is 18.4. The Hall–Kier alpha value is -7.63. The van der Waals surface area contributed by atoms with Gasteiger partial charge in [0.2, 0.25) is 0 Å². The van der Waals surface area contributed by atoms with Crippen LogP contribution < -0.4 is 15.9 Å². The average Bonchev–Trinajstić information content (AvgIpc) is 3.82. The Balaban J connectivity index is 1.01. The Morgan fingerprint density at radius 1 is 0.273 bits per heavy atom. The topological polar surface area (TPSA) is 0 Å². The minimum absolute atomic E-state index is 0.245. The molecule has 0 amide bonds. The van der Waals surface area contributed by atoms with E-state index in [2.05, 4.69) is 250 Å². The average molecular weight is 857 g/mol. The van der Waals surface area contributed by atoms with Crippen LogP contribution in [0.5, 0.6) is 0 Å². The van der Waals surface area contributed by atoms with Crippen LogP contribution in [-0.2, 0) is 5.41 Å². The van der Waals surface area contributed by atoms with Gasteiger partial charge in [-0.05, 0) is 147 Å². The van der Waals surface area contributed by atoms with Crippen LogP contribution in [0.4, 0.5) is 0 Å². The minimum atomic E-state index is -0.875. The summed E-state index contributed by atoms with van der Waals surface area (Å²) in [6.45, 7) is 4.92. The van der Waals surface area contributed by atoms with Crippen molar-refractivity contribution < 1.29 is 0 Å². The van der Waals surface area contributed by atoms with Gasteiger partial charge in [-0.25, -0.2) is 0 Å². The smallest absolute Gasteiger partial charge is 0.0159 e. The highest BCUT2D eigenvalue weighted by atomic mass is 31.1. The summed E-state index contributed by atoms with van der Waals surface area (Å²) in [6, 6.07) is 88.5. The molecule has 1 heteroatoms. The molecule has 0 spiro atoms. The van der Waals surface area contributed by atoms with E-state index in [0.29, 0.717) is 0 Å². The largest absolute Gasteiger partial charge is 0.0622 e. The van der Waals surface area contributed by atoms with Crippen molar-refractivity contribution in [2.45, 2.75) is 19.3 Å². The summed E-state index contributed by atoms with van der Waals surface area (Å²) >= 11 is 0. The minimum Gasteiger partial charge on any atom is -0.0622 e. The third kappa shape index (κ3) is 5.95. The van der Waals surface area contributed by atoms with Crippen molar-refractivity contribution in [1.82, 2.24) is 0 Å². The lowest BCUT2D eigenvalue weighted by molar-refractivity contribution is 0.661. The van der Waals surface area contributed by atoms with E-state index in [4.69, 9.17) is 0 Å². The Bertz CT molecular complexity index is 3580. The van der Waals surface area contributed by atoms with Gasteiger partial charge in [0, 0.05) is 5.41 Å². The van der Waals surface area contributed by atoms with Gasteiger partial charge < -0.3 is 0 Å². The number of hydrogen-bond acceptors (Lipinski definition) is 0. The molecule has 0 saturated carbocycles. The summed E-state index contributed by atoms with van der Waals surface area (Å²) in [4.78, 5) is 0. The van der Waals surface area contributed by atoms with E-state index in [9.17, 15) is 0 Å². The van der Waals surface area contributed by atoms with Crippen LogP contribution in [0.25, 0.3) is 99.4 Å². The highest BCUT2D eigenvalue weighted by Crippen LogP contribution is 2.62. The molecule has 0 fully saturated rings. The molecule has 310 valence electrons. The second kappa shape index (κ2) is 15.2. The molecule has 0 aromatic heterocycles. The number of benzene rings is 11. The van der Waals surface area contributed by atoms with Gasteiger partial charge in [-0.2, -0.15) is 0 Å². The van der Waals surface area contributed by atoms with Gasteiger partial charge in [0.1, 0.15) is 0 Å². The molecule has 0 saturated heterocycles. The van der Waals surface area contributed by atoms with E-state index in [1.807, 2.05) is 0 Å². The second-order valence-corrected chi connectivity index (χ2v) is 20.6. The van der Waals surface area contributed by atoms with Gasteiger partial charge in [0.05, 0.1) is 0 Å². The predicted molar refractivity (Wildman–Crippen MR) is 284 cm³/mol. The van der Waals surface area contributed by atoms with Crippen molar-refractivity contribution in [3.63, 3.8) is 0 Å². The van der Waals surface area contributed by atoms with Crippen LogP contribution in [0.2, 0.25) is 0 Å². The number of fused-ring (bicyclic) bond motifs is 8. The quantitative estimate of drug-likeness (QED) is 0.140. The van der Waals surface area contributed by atoms with E-state index < -0.39 is 7.92 Å². The van der Waals surface area contributed by atoms with Gasteiger partial charge in [0.15, 0.2) is 0 Å². The van der Waals surface area contributed by atoms with Crippen molar-refractivity contribution in [2.75, 3.05) is 0 Å². The van der Waals surface area contributed by atoms with Crippen LogP contribution >= 0.6 is 7.92 Å². The predicted octanol–water partition coefficient (Wildman–Crippen LogP) is 16.4. The fraction of sp³-hybridized carbons (Fsp3) is 0.0462. The zero-order valence-corrected chi connectivity index (χ0v) is 37.9. The van der Waals surface area contributed by atoms with Crippen LogP contribution in [0.3, 0.4) is 0 Å². The molecule has 2 aliphatic carbocycles. The number of hydrogen-bond donors (Lipinski definition) is 0. The maximum atomic E-state index is 2.59. The van der Waals surface area contributed by atoms with Crippen molar-refractivity contribution in [3.8, 4) is 77.9 Å². The first kappa shape index (κ1) is 38.8. The third-order valence-electron chi connectivity index (χ3n) is 14.4. The van der Waals surface area contributed by atoms with Crippen LogP contribution in [0, 0.1) is 0 Å². The van der Waals surface area contributed by atoms with Crippen molar-refractivity contribution in [1.29, 1.82) is 0 Å². The highest BCUT2D eigenvalue weighted by molar-refractivity contribution is 7.79. The highest BCUT2D eigenvalue weighted by Gasteiger charge is 2.41. The maximum Gasteiger partial charge on any atom is 0.0159 e. The molecule has 0 heterocycles. The summed E-state index contributed by atoms with van der Waals surface area (Å²) in [7, 11) is -0.875. The normalized spacial score (nSPS) is 13.0. The molecular weight excluding hydrogens is 812 g/mol. The first-order valence-corrected chi connectivity index (χ1v) is 24.4. The summed E-state index contributed by atoms with van der Waals surface area (Å²) < 4.78 is 0. The van der Waals surface area contributed by atoms with Crippen LogP contribution in [0.15, 0.2) is 237 Å². The lowest BCUT2D eigenvalue weighted by Crippen LogP contribution is -2.23. The van der Waals surface area contributed by atoms with Crippen LogP contribution in [-0.4, -0.2) is 0 Å². The van der Waals surface area contributed by atoms with E-state index in [1.54, 1.807) is 0 Å². The maximum absolute atomic E-state index is 2.59. The zero-order valence-electron chi connectivity index (χ0n) is 37.0. The lowest BCUT2D eigenvalue weighted by atomic mass is 9.80. The summed E-state index contributed by atoms with van der Waals surface area (Å²) in [6.07, 6.45) is 0. The number of rotatable bonds is 7. The SMILES string of the molecule is CC1(C)c2cc(P(c3ccc(-c4ccccc4)cc3)c3ccc(-c4ccccc4)cc3)ccc2-c2c1cc1c3c(cccc23)-c2c-1c(-c1ccccc1)c1ccccc1c2-c1ccccc1. The van der Waals surface area contributed by atoms with E-state index in [1.165, 1.54) is 126 Å². The van der Waals surface area contributed by atoms with Gasteiger partial charge in [-0.15, -0.1) is 0 Å². The van der Waals surface area contributed by atoms with Gasteiger partial charge in [0.25, 0.3) is 0 Å². The van der Waals surface area contributed by atoms with Crippen molar-refractivity contribution >= 4 is 45.4 Å². The molecule has 0 unspecified atom stereocenters. The molecule has 11 aromatic rings. The Kier molecular flexibility index (Phi) is 8.96. The molecule has 0 nitrogen and oxygen atoms in total. The molecular formula is C65H45P. The Morgan fingerprint density at radius 2 is 0.697 bits per heavy atom. The first-order chi connectivity index (χ1) is 32.5. The van der Waals surface area contributed by atoms with E-state index in [0.717, 1.165) is 0 Å². The standard InChI is InChI=1S/C65H45P/c1-65(2)57-40-50(66(48-34-30-44(31-35-48)42-18-7-3-8-19-42)49-36-32-45(33-37-49)43-20-9-4-10-21-43)38-39-53(57)62-54-28-17-29-55-61(54)56(41-58(62)65)64-60(47-24-13-6-14-25-47)52-27-16-15-26-51(52)59(63(55)64)46-22-11-5-12-23-46/h3-41H,1-2H3. The third-order valence-corrected chi connectivity index (χ3v) is 16.8.